The van der Waals surface area contributed by atoms with Crippen molar-refractivity contribution in [2.45, 2.75) is 19.3 Å². The van der Waals surface area contributed by atoms with Crippen LogP contribution in [0.2, 0.25) is 0 Å². The molecule has 0 unspecified atom stereocenters. The molecule has 7 aromatic carbocycles. The maximum absolute atomic E-state index is 5.18. The van der Waals surface area contributed by atoms with Gasteiger partial charge in [0.15, 0.2) is 0 Å². The Balaban J connectivity index is 1.17. The molecule has 0 spiro atoms. The Bertz CT molecular complexity index is 2430. The number of fused-ring (bicyclic) bond motifs is 5. The Kier molecular flexibility index (Phi) is 6.38. The highest BCUT2D eigenvalue weighted by atomic mass is 32.1. The fourth-order valence-corrected chi connectivity index (χ4v) is 8.23. The lowest BCUT2D eigenvalue weighted by Crippen LogP contribution is -2.16. The third kappa shape index (κ3) is 4.58. The van der Waals surface area contributed by atoms with Gasteiger partial charge in [-0.1, -0.05) is 135 Å². The van der Waals surface area contributed by atoms with Gasteiger partial charge < -0.3 is 4.90 Å². The lowest BCUT2D eigenvalue weighted by atomic mass is 9.82. The summed E-state index contributed by atoms with van der Waals surface area (Å²) < 4.78 is 1.18. The SMILES string of the molecule is CC1(C)c2ccccc2-c2ccc(N(c3ccc4sc(-c5ccc(-c6ccccc6)cc5)nc4c3)c3cccc4ccccc34)cc21. The first-order chi connectivity index (χ1) is 23.0. The summed E-state index contributed by atoms with van der Waals surface area (Å²) in [6.07, 6.45) is 0. The quantitative estimate of drug-likeness (QED) is 0.190. The Morgan fingerprint density at radius 1 is 0.532 bits per heavy atom. The van der Waals surface area contributed by atoms with Crippen LogP contribution in [0.1, 0.15) is 25.0 Å². The summed E-state index contributed by atoms with van der Waals surface area (Å²) >= 11 is 1.75. The number of benzene rings is 7. The number of nitrogens with zero attached hydrogens (tertiary/aromatic N) is 2. The predicted octanol–water partition coefficient (Wildman–Crippen LogP) is 12.6. The van der Waals surface area contributed by atoms with E-state index in [4.69, 9.17) is 4.98 Å². The number of aromatic nitrogens is 1. The van der Waals surface area contributed by atoms with Crippen molar-refractivity contribution in [3.8, 4) is 32.8 Å². The first kappa shape index (κ1) is 27.8. The van der Waals surface area contributed by atoms with Crippen LogP contribution >= 0.6 is 11.3 Å². The van der Waals surface area contributed by atoms with Gasteiger partial charge >= 0.3 is 0 Å². The summed E-state index contributed by atoms with van der Waals surface area (Å²) in [5, 5.41) is 3.47. The summed E-state index contributed by atoms with van der Waals surface area (Å²) in [5.41, 5.74) is 13.3. The van der Waals surface area contributed by atoms with Crippen LogP contribution in [0.25, 0.3) is 53.8 Å². The van der Waals surface area contributed by atoms with E-state index in [2.05, 4.69) is 176 Å². The van der Waals surface area contributed by atoms with Crippen LogP contribution in [0.5, 0.6) is 0 Å². The highest BCUT2D eigenvalue weighted by molar-refractivity contribution is 7.21. The van der Waals surface area contributed by atoms with Crippen LogP contribution in [0.4, 0.5) is 17.1 Å². The molecule has 0 aliphatic heterocycles. The molecule has 224 valence electrons. The molecule has 1 aliphatic carbocycles. The fourth-order valence-electron chi connectivity index (χ4n) is 7.28. The molecule has 9 rings (SSSR count). The van der Waals surface area contributed by atoms with E-state index in [9.17, 15) is 0 Å². The molecule has 1 aromatic heterocycles. The second kappa shape index (κ2) is 10.8. The zero-order valence-electron chi connectivity index (χ0n) is 26.3. The van der Waals surface area contributed by atoms with E-state index in [0.717, 1.165) is 33.1 Å². The minimum Gasteiger partial charge on any atom is -0.310 e. The number of hydrogen-bond acceptors (Lipinski definition) is 3. The summed E-state index contributed by atoms with van der Waals surface area (Å²) in [7, 11) is 0. The standard InChI is InChI=1S/C44H32N2S/c1-44(2)38-17-9-8-16-36(38)37-25-23-33(27-39(37)44)46(41-18-10-14-31-13-6-7-15-35(31)41)34-24-26-42-40(28-34)45-43(47-42)32-21-19-30(20-22-32)29-11-4-3-5-12-29/h3-28H,1-2H3. The minimum absolute atomic E-state index is 0.0871. The second-order valence-corrected chi connectivity index (χ2v) is 13.9. The van der Waals surface area contributed by atoms with Crippen molar-refractivity contribution in [1.29, 1.82) is 0 Å². The maximum atomic E-state index is 5.18. The van der Waals surface area contributed by atoms with Crippen LogP contribution in [0.15, 0.2) is 158 Å². The molecule has 1 aliphatic rings. The number of anilines is 3. The topological polar surface area (TPSA) is 16.1 Å². The van der Waals surface area contributed by atoms with Crippen LogP contribution in [0.3, 0.4) is 0 Å². The molecule has 3 heteroatoms. The van der Waals surface area contributed by atoms with E-state index < -0.39 is 0 Å². The van der Waals surface area contributed by atoms with E-state index in [1.165, 1.54) is 48.9 Å². The van der Waals surface area contributed by atoms with Crippen molar-refractivity contribution in [2.75, 3.05) is 4.90 Å². The lowest BCUT2D eigenvalue weighted by Gasteiger charge is -2.29. The zero-order valence-corrected chi connectivity index (χ0v) is 27.1. The molecular weight excluding hydrogens is 589 g/mol. The van der Waals surface area contributed by atoms with Crippen molar-refractivity contribution in [3.05, 3.63) is 169 Å². The number of hydrogen-bond donors (Lipinski definition) is 0. The normalized spacial score (nSPS) is 13.1. The minimum atomic E-state index is -0.0871. The van der Waals surface area contributed by atoms with Gasteiger partial charge in [-0.25, -0.2) is 4.98 Å². The third-order valence-corrected chi connectivity index (χ3v) is 10.8. The van der Waals surface area contributed by atoms with Crippen molar-refractivity contribution in [3.63, 3.8) is 0 Å². The zero-order chi connectivity index (χ0) is 31.5. The first-order valence-corrected chi connectivity index (χ1v) is 16.9. The molecule has 0 radical (unpaired) electrons. The molecule has 0 amide bonds. The Labute approximate surface area is 279 Å². The van der Waals surface area contributed by atoms with Gasteiger partial charge in [-0.05, 0) is 75.2 Å². The Hall–Kier alpha value is -5.51. The summed E-state index contributed by atoms with van der Waals surface area (Å²) in [5.74, 6) is 0. The average Bonchev–Trinajstić information content (AvgIpc) is 3.65. The van der Waals surface area contributed by atoms with Crippen molar-refractivity contribution < 1.29 is 0 Å². The summed E-state index contributed by atoms with van der Waals surface area (Å²) in [4.78, 5) is 7.59. The van der Waals surface area contributed by atoms with Crippen molar-refractivity contribution in [1.82, 2.24) is 4.98 Å². The summed E-state index contributed by atoms with van der Waals surface area (Å²) in [6.45, 7) is 4.69. The van der Waals surface area contributed by atoms with E-state index >= 15 is 0 Å². The molecule has 8 aromatic rings. The molecule has 0 bridgehead atoms. The van der Waals surface area contributed by atoms with Crippen molar-refractivity contribution >= 4 is 49.4 Å². The maximum Gasteiger partial charge on any atom is 0.124 e. The van der Waals surface area contributed by atoms with Gasteiger partial charge in [0.05, 0.1) is 15.9 Å². The Morgan fingerprint density at radius 3 is 2.06 bits per heavy atom. The fraction of sp³-hybridized carbons (Fsp3) is 0.0682. The molecule has 0 atom stereocenters. The van der Waals surface area contributed by atoms with Gasteiger partial charge in [0, 0.05) is 27.7 Å². The first-order valence-electron chi connectivity index (χ1n) is 16.1. The highest BCUT2D eigenvalue weighted by Crippen LogP contribution is 2.51. The van der Waals surface area contributed by atoms with Gasteiger partial charge in [0.1, 0.15) is 5.01 Å². The van der Waals surface area contributed by atoms with Crippen LogP contribution < -0.4 is 4.90 Å². The average molecular weight is 621 g/mol. The summed E-state index contributed by atoms with van der Waals surface area (Å²) in [6, 6.07) is 57.1. The molecular formula is C44H32N2S. The smallest absolute Gasteiger partial charge is 0.124 e. The van der Waals surface area contributed by atoms with E-state index in [0.29, 0.717) is 0 Å². The molecule has 47 heavy (non-hydrogen) atoms. The van der Waals surface area contributed by atoms with Crippen LogP contribution in [-0.4, -0.2) is 4.98 Å². The predicted molar refractivity (Wildman–Crippen MR) is 200 cm³/mol. The number of thiazole rings is 1. The Morgan fingerprint density at radius 2 is 1.19 bits per heavy atom. The van der Waals surface area contributed by atoms with Gasteiger partial charge in [-0.15, -0.1) is 11.3 Å². The van der Waals surface area contributed by atoms with Crippen LogP contribution in [-0.2, 0) is 5.41 Å². The molecule has 0 fully saturated rings. The van der Waals surface area contributed by atoms with E-state index in [1.807, 2.05) is 0 Å². The van der Waals surface area contributed by atoms with Gasteiger partial charge in [0.25, 0.3) is 0 Å². The number of rotatable bonds is 5. The van der Waals surface area contributed by atoms with Gasteiger partial charge in [-0.2, -0.15) is 0 Å². The van der Waals surface area contributed by atoms with Gasteiger partial charge in [0.2, 0.25) is 0 Å². The van der Waals surface area contributed by atoms with Gasteiger partial charge in [-0.3, -0.25) is 0 Å². The monoisotopic (exact) mass is 620 g/mol. The second-order valence-electron chi connectivity index (χ2n) is 12.8. The van der Waals surface area contributed by atoms with Crippen molar-refractivity contribution in [2.24, 2.45) is 0 Å². The largest absolute Gasteiger partial charge is 0.310 e. The molecule has 0 N–H and O–H groups in total. The molecule has 2 nitrogen and oxygen atoms in total. The molecule has 0 saturated heterocycles. The third-order valence-electron chi connectivity index (χ3n) is 9.70. The van der Waals surface area contributed by atoms with E-state index in [1.54, 1.807) is 11.3 Å². The lowest BCUT2D eigenvalue weighted by molar-refractivity contribution is 0.660. The van der Waals surface area contributed by atoms with E-state index in [-0.39, 0.29) is 5.41 Å². The van der Waals surface area contributed by atoms with Crippen LogP contribution in [0, 0.1) is 0 Å². The highest BCUT2D eigenvalue weighted by Gasteiger charge is 2.35. The molecule has 1 heterocycles. The molecule has 0 saturated carbocycles.